The maximum atomic E-state index is 14.0. The monoisotopic (exact) mass is 558 g/mol. The third kappa shape index (κ3) is 5.80. The zero-order valence-electron chi connectivity index (χ0n) is 22.7. The number of aromatic nitrogens is 4. The van der Waals surface area contributed by atoms with Gasteiger partial charge in [-0.1, -0.05) is 12.1 Å². The van der Waals surface area contributed by atoms with Gasteiger partial charge in [0.15, 0.2) is 5.69 Å². The summed E-state index contributed by atoms with van der Waals surface area (Å²) in [6.45, 7) is 5.22. The van der Waals surface area contributed by atoms with Gasteiger partial charge in [-0.25, -0.2) is 4.39 Å². The number of rotatable bonds is 8. The van der Waals surface area contributed by atoms with Gasteiger partial charge in [-0.05, 0) is 55.7 Å². The van der Waals surface area contributed by atoms with E-state index in [1.165, 1.54) is 25.4 Å². The van der Waals surface area contributed by atoms with Crippen molar-refractivity contribution in [2.75, 3.05) is 6.61 Å². The SMILES string of the molecule is CCOc1c(C(=O)N[C@@H](C)c2ccc(F)c(C)c2)cc(Cn2ccn(C)c2=N)cc1-c1cn(C)nc1C(F)(F)F. The molecule has 8 nitrogen and oxygen atoms in total. The Morgan fingerprint density at radius 3 is 2.48 bits per heavy atom. The Labute approximate surface area is 228 Å². The zero-order valence-corrected chi connectivity index (χ0v) is 22.7. The summed E-state index contributed by atoms with van der Waals surface area (Å²) >= 11 is 0. The summed E-state index contributed by atoms with van der Waals surface area (Å²) in [5, 5.41) is 14.8. The number of nitrogens with zero attached hydrogens (tertiary/aromatic N) is 4. The molecule has 0 radical (unpaired) electrons. The van der Waals surface area contributed by atoms with Crippen LogP contribution in [0, 0.1) is 18.2 Å². The predicted molar refractivity (Wildman–Crippen MR) is 140 cm³/mol. The minimum absolute atomic E-state index is 0.0195. The Kier molecular flexibility index (Phi) is 7.90. The molecule has 12 heteroatoms. The van der Waals surface area contributed by atoms with Crippen LogP contribution in [0.4, 0.5) is 17.6 Å². The van der Waals surface area contributed by atoms with Crippen LogP contribution in [0.25, 0.3) is 11.1 Å². The van der Waals surface area contributed by atoms with E-state index in [9.17, 15) is 22.4 Å². The summed E-state index contributed by atoms with van der Waals surface area (Å²) < 4.78 is 65.8. The normalized spacial score (nSPS) is 12.4. The zero-order chi connectivity index (χ0) is 29.4. The van der Waals surface area contributed by atoms with Gasteiger partial charge in [-0.3, -0.25) is 14.9 Å². The molecule has 1 atom stereocenters. The number of carbonyl (C=O) groups is 1. The molecule has 1 amide bonds. The first-order valence-corrected chi connectivity index (χ1v) is 12.5. The molecule has 40 heavy (non-hydrogen) atoms. The Morgan fingerprint density at radius 2 is 1.88 bits per heavy atom. The Hall–Kier alpha value is -4.35. The minimum atomic E-state index is -4.75. The fourth-order valence-corrected chi connectivity index (χ4v) is 4.49. The lowest BCUT2D eigenvalue weighted by molar-refractivity contribution is -0.140. The van der Waals surface area contributed by atoms with E-state index in [-0.39, 0.29) is 47.0 Å². The largest absolute Gasteiger partial charge is 0.492 e. The number of nitrogens with one attached hydrogen (secondary N) is 2. The molecule has 212 valence electrons. The lowest BCUT2D eigenvalue weighted by Crippen LogP contribution is -2.28. The molecular weight excluding hydrogens is 528 g/mol. The average Bonchev–Trinajstić information content (AvgIpc) is 3.43. The van der Waals surface area contributed by atoms with Gasteiger partial charge in [-0.15, -0.1) is 0 Å². The van der Waals surface area contributed by atoms with Crippen molar-refractivity contribution in [2.45, 2.75) is 39.5 Å². The molecule has 0 aliphatic heterocycles. The molecule has 0 spiro atoms. The molecule has 4 aromatic rings. The highest BCUT2D eigenvalue weighted by Gasteiger charge is 2.38. The Morgan fingerprint density at radius 1 is 1.15 bits per heavy atom. The lowest BCUT2D eigenvalue weighted by Gasteiger charge is -2.20. The average molecular weight is 559 g/mol. The summed E-state index contributed by atoms with van der Waals surface area (Å²) in [6, 6.07) is 7.04. The van der Waals surface area contributed by atoms with Gasteiger partial charge in [0.25, 0.3) is 5.91 Å². The maximum Gasteiger partial charge on any atom is 0.435 e. The number of alkyl halides is 3. The molecule has 0 fully saturated rings. The summed E-state index contributed by atoms with van der Waals surface area (Å²) in [5.74, 6) is -0.973. The van der Waals surface area contributed by atoms with E-state index in [1.807, 2.05) is 0 Å². The first kappa shape index (κ1) is 28.7. The number of hydrogen-bond acceptors (Lipinski definition) is 4. The molecule has 2 N–H and O–H groups in total. The predicted octanol–water partition coefficient (Wildman–Crippen LogP) is 5.11. The van der Waals surface area contributed by atoms with Crippen molar-refractivity contribution in [3.63, 3.8) is 0 Å². The van der Waals surface area contributed by atoms with Crippen LogP contribution in [-0.4, -0.2) is 31.4 Å². The van der Waals surface area contributed by atoms with Crippen LogP contribution in [0.15, 0.2) is 48.9 Å². The van der Waals surface area contributed by atoms with Crippen LogP contribution in [0.5, 0.6) is 5.75 Å². The lowest BCUT2D eigenvalue weighted by atomic mass is 9.96. The fraction of sp³-hybridized carbons (Fsp3) is 0.321. The number of benzene rings is 2. The van der Waals surface area contributed by atoms with E-state index >= 15 is 0 Å². The van der Waals surface area contributed by atoms with Gasteiger partial charge < -0.3 is 19.2 Å². The van der Waals surface area contributed by atoms with E-state index < -0.39 is 23.8 Å². The van der Waals surface area contributed by atoms with Crippen LogP contribution in [0.2, 0.25) is 0 Å². The van der Waals surface area contributed by atoms with Gasteiger partial charge in [0, 0.05) is 43.8 Å². The van der Waals surface area contributed by atoms with Crippen molar-refractivity contribution >= 4 is 5.91 Å². The smallest absolute Gasteiger partial charge is 0.435 e. The molecule has 4 rings (SSSR count). The minimum Gasteiger partial charge on any atom is -0.492 e. The molecule has 0 saturated heterocycles. The van der Waals surface area contributed by atoms with Crippen molar-refractivity contribution in [2.24, 2.45) is 14.1 Å². The first-order chi connectivity index (χ1) is 18.8. The molecule has 0 saturated carbocycles. The van der Waals surface area contributed by atoms with Crippen LogP contribution in [0.3, 0.4) is 0 Å². The quantitative estimate of drug-likeness (QED) is 0.295. The summed E-state index contributed by atoms with van der Waals surface area (Å²) in [7, 11) is 3.08. The third-order valence-corrected chi connectivity index (χ3v) is 6.53. The summed E-state index contributed by atoms with van der Waals surface area (Å²) in [4.78, 5) is 13.7. The highest BCUT2D eigenvalue weighted by Crippen LogP contribution is 2.42. The number of carbonyl (C=O) groups excluding carboxylic acids is 1. The van der Waals surface area contributed by atoms with Gasteiger partial charge in [0.1, 0.15) is 11.6 Å². The van der Waals surface area contributed by atoms with Crippen LogP contribution in [0.1, 0.15) is 52.6 Å². The van der Waals surface area contributed by atoms with E-state index in [0.717, 1.165) is 4.68 Å². The summed E-state index contributed by atoms with van der Waals surface area (Å²) in [5.41, 5.74) is 0.462. The van der Waals surface area contributed by atoms with E-state index in [2.05, 4.69) is 10.4 Å². The van der Waals surface area contributed by atoms with Crippen molar-refractivity contribution in [1.29, 1.82) is 5.41 Å². The van der Waals surface area contributed by atoms with E-state index in [1.54, 1.807) is 67.5 Å². The van der Waals surface area contributed by atoms with E-state index in [4.69, 9.17) is 10.1 Å². The number of halogens is 4. The molecule has 2 aromatic heterocycles. The van der Waals surface area contributed by atoms with Crippen molar-refractivity contribution < 1.29 is 27.1 Å². The second-order valence-corrected chi connectivity index (χ2v) is 9.58. The van der Waals surface area contributed by atoms with Gasteiger partial charge in [0.2, 0.25) is 5.62 Å². The number of amides is 1. The van der Waals surface area contributed by atoms with Crippen molar-refractivity contribution in [1.82, 2.24) is 24.2 Å². The Bertz CT molecular complexity index is 1620. The second-order valence-electron chi connectivity index (χ2n) is 9.58. The van der Waals surface area contributed by atoms with E-state index in [0.29, 0.717) is 16.7 Å². The Balaban J connectivity index is 1.87. The number of hydrogen-bond donors (Lipinski definition) is 2. The summed E-state index contributed by atoms with van der Waals surface area (Å²) in [6.07, 6.45) is -0.166. The van der Waals surface area contributed by atoms with Gasteiger partial charge >= 0.3 is 6.18 Å². The standard InChI is InChI=1S/C28H30F4N6O2/c1-6-40-24-20(22-15-37(5)35-25(22)28(30,31)32)12-18(14-38-10-9-36(4)27(38)33)13-21(24)26(39)34-17(3)19-7-8-23(29)16(2)11-19/h7-13,15,17,33H,6,14H2,1-5H3,(H,34,39)/t17-/m0/s1. The van der Waals surface area contributed by atoms with Gasteiger partial charge in [0.05, 0.1) is 24.8 Å². The number of ether oxygens (including phenoxy) is 1. The van der Waals surface area contributed by atoms with Crippen molar-refractivity contribution in [3.05, 3.63) is 88.3 Å². The highest BCUT2D eigenvalue weighted by atomic mass is 19.4. The van der Waals surface area contributed by atoms with Crippen LogP contribution < -0.4 is 15.7 Å². The number of imidazole rings is 1. The topological polar surface area (TPSA) is 89.9 Å². The third-order valence-electron chi connectivity index (χ3n) is 6.53. The molecule has 0 aliphatic carbocycles. The molecular formula is C28H30F4N6O2. The maximum absolute atomic E-state index is 14.0. The first-order valence-electron chi connectivity index (χ1n) is 12.5. The number of aryl methyl sites for hydroxylation is 3. The molecule has 2 heterocycles. The second kappa shape index (κ2) is 11.0. The van der Waals surface area contributed by atoms with Crippen LogP contribution >= 0.6 is 0 Å². The molecule has 2 aromatic carbocycles. The fourth-order valence-electron chi connectivity index (χ4n) is 4.49. The molecule has 0 aliphatic rings. The molecule has 0 unspecified atom stereocenters. The van der Waals surface area contributed by atoms with Crippen LogP contribution in [-0.2, 0) is 26.8 Å². The highest BCUT2D eigenvalue weighted by molar-refractivity contribution is 6.00. The van der Waals surface area contributed by atoms with Crippen molar-refractivity contribution in [3.8, 4) is 16.9 Å². The molecule has 0 bridgehead atoms. The van der Waals surface area contributed by atoms with Gasteiger partial charge in [-0.2, -0.15) is 18.3 Å².